The van der Waals surface area contributed by atoms with Crippen molar-refractivity contribution in [3.63, 3.8) is 0 Å². The Balaban J connectivity index is 0.00000242. The molecule has 22 heavy (non-hydrogen) atoms. The molecule has 0 spiro atoms. The van der Waals surface area contributed by atoms with E-state index in [9.17, 15) is 4.79 Å². The summed E-state index contributed by atoms with van der Waals surface area (Å²) in [6.07, 6.45) is 7.46. The van der Waals surface area contributed by atoms with Crippen LogP contribution in [0.4, 0.5) is 0 Å². The van der Waals surface area contributed by atoms with Gasteiger partial charge in [-0.2, -0.15) is 11.8 Å². The van der Waals surface area contributed by atoms with Gasteiger partial charge < -0.3 is 15.5 Å². The van der Waals surface area contributed by atoms with E-state index in [1.807, 2.05) is 11.8 Å². The van der Waals surface area contributed by atoms with Crippen molar-refractivity contribution in [3.8, 4) is 0 Å². The normalized spacial score (nSPS) is 26.5. The lowest BCUT2D eigenvalue weighted by molar-refractivity contribution is -0.127. The van der Waals surface area contributed by atoms with Gasteiger partial charge in [-0.1, -0.05) is 6.42 Å². The first-order valence-electron chi connectivity index (χ1n) is 7.84. The fourth-order valence-corrected chi connectivity index (χ4v) is 3.62. The van der Waals surface area contributed by atoms with E-state index >= 15 is 0 Å². The molecule has 0 aliphatic heterocycles. The van der Waals surface area contributed by atoms with Crippen LogP contribution >= 0.6 is 35.7 Å². The number of guanidine groups is 1. The Kier molecular flexibility index (Phi) is 8.89. The molecule has 2 fully saturated rings. The van der Waals surface area contributed by atoms with Crippen LogP contribution in [0.1, 0.15) is 25.7 Å². The summed E-state index contributed by atoms with van der Waals surface area (Å²) >= 11 is 1.81. The number of nitrogens with one attached hydrogen (secondary N) is 2. The summed E-state index contributed by atoms with van der Waals surface area (Å²) < 4.78 is 0. The molecule has 0 aromatic carbocycles. The molecule has 3 unspecified atom stereocenters. The summed E-state index contributed by atoms with van der Waals surface area (Å²) in [5.74, 6) is 3.58. The molecule has 0 aromatic rings. The number of fused-ring (bicyclic) bond motifs is 2. The summed E-state index contributed by atoms with van der Waals surface area (Å²) in [6.45, 7) is 1.09. The van der Waals surface area contributed by atoms with Crippen molar-refractivity contribution in [1.29, 1.82) is 0 Å². The number of nitrogens with zero attached hydrogens (tertiary/aromatic N) is 2. The van der Waals surface area contributed by atoms with Gasteiger partial charge in [0.25, 0.3) is 0 Å². The number of aliphatic imine (C=N–C) groups is 1. The van der Waals surface area contributed by atoms with E-state index in [-0.39, 0.29) is 36.4 Å². The van der Waals surface area contributed by atoms with Crippen molar-refractivity contribution in [2.24, 2.45) is 16.8 Å². The van der Waals surface area contributed by atoms with Gasteiger partial charge in [0.15, 0.2) is 5.96 Å². The standard InChI is InChI=1S/C15H28N4OS.HI/c1-19(2)14(20)10-17-15(16-6-7-21-3)18-13-9-11-4-5-12(13)8-11;/h11-13H,4-10H2,1-3H3,(H2,16,17,18);1H. The predicted octanol–water partition coefficient (Wildman–Crippen LogP) is 1.78. The van der Waals surface area contributed by atoms with Gasteiger partial charge in [-0.05, 0) is 37.4 Å². The van der Waals surface area contributed by atoms with Crippen molar-refractivity contribution in [2.45, 2.75) is 31.7 Å². The largest absolute Gasteiger partial charge is 0.356 e. The maximum Gasteiger partial charge on any atom is 0.243 e. The van der Waals surface area contributed by atoms with Gasteiger partial charge in [-0.15, -0.1) is 24.0 Å². The Bertz CT molecular complexity index is 392. The van der Waals surface area contributed by atoms with Crippen LogP contribution in [0.5, 0.6) is 0 Å². The summed E-state index contributed by atoms with van der Waals surface area (Å²) in [4.78, 5) is 17.7. The first-order valence-corrected chi connectivity index (χ1v) is 9.23. The van der Waals surface area contributed by atoms with Gasteiger partial charge in [0.05, 0.1) is 0 Å². The molecule has 2 aliphatic carbocycles. The molecule has 0 heterocycles. The zero-order valence-corrected chi connectivity index (χ0v) is 16.9. The van der Waals surface area contributed by atoms with E-state index in [0.717, 1.165) is 30.1 Å². The van der Waals surface area contributed by atoms with Crippen LogP contribution in [0.3, 0.4) is 0 Å². The third kappa shape index (κ3) is 5.79. The van der Waals surface area contributed by atoms with Crippen molar-refractivity contribution in [1.82, 2.24) is 15.5 Å². The second kappa shape index (κ2) is 9.85. The molecule has 2 aliphatic rings. The summed E-state index contributed by atoms with van der Waals surface area (Å²) in [5, 5.41) is 6.91. The average molecular weight is 440 g/mol. The topological polar surface area (TPSA) is 56.7 Å². The number of rotatable bonds is 6. The summed E-state index contributed by atoms with van der Waals surface area (Å²) in [5.41, 5.74) is 0. The van der Waals surface area contributed by atoms with Gasteiger partial charge in [-0.3, -0.25) is 4.79 Å². The number of hydrogen-bond donors (Lipinski definition) is 2. The van der Waals surface area contributed by atoms with Gasteiger partial charge in [0.1, 0.15) is 6.54 Å². The fraction of sp³-hybridized carbons (Fsp3) is 0.867. The van der Waals surface area contributed by atoms with E-state index < -0.39 is 0 Å². The van der Waals surface area contributed by atoms with E-state index in [4.69, 9.17) is 0 Å². The first-order chi connectivity index (χ1) is 10.1. The Morgan fingerprint density at radius 2 is 2.09 bits per heavy atom. The highest BCUT2D eigenvalue weighted by molar-refractivity contribution is 14.0. The molecule has 2 N–H and O–H groups in total. The second-order valence-electron chi connectivity index (χ2n) is 6.30. The molecule has 0 radical (unpaired) electrons. The number of likely N-dealkylation sites (N-methyl/N-ethyl adjacent to an activating group) is 1. The van der Waals surface area contributed by atoms with Crippen molar-refractivity contribution in [3.05, 3.63) is 0 Å². The van der Waals surface area contributed by atoms with Crippen LogP contribution in [0.15, 0.2) is 4.99 Å². The molecule has 0 aromatic heterocycles. The van der Waals surface area contributed by atoms with Gasteiger partial charge in [0, 0.05) is 32.4 Å². The zero-order valence-electron chi connectivity index (χ0n) is 13.8. The summed E-state index contributed by atoms with van der Waals surface area (Å²) in [6, 6.07) is 0.540. The molecule has 2 saturated carbocycles. The lowest BCUT2D eigenvalue weighted by atomic mass is 9.95. The van der Waals surface area contributed by atoms with Crippen LogP contribution in [-0.2, 0) is 4.79 Å². The number of carbonyl (C=O) groups excluding carboxylic acids is 1. The highest BCUT2D eigenvalue weighted by atomic mass is 127. The van der Waals surface area contributed by atoms with E-state index in [1.165, 1.54) is 25.7 Å². The third-order valence-electron chi connectivity index (χ3n) is 4.53. The molecule has 128 valence electrons. The van der Waals surface area contributed by atoms with Crippen molar-refractivity contribution >= 4 is 47.6 Å². The Labute approximate surface area is 155 Å². The smallest absolute Gasteiger partial charge is 0.243 e. The molecule has 7 heteroatoms. The molecule has 2 bridgehead atoms. The first kappa shape index (κ1) is 19.9. The van der Waals surface area contributed by atoms with Gasteiger partial charge in [-0.25, -0.2) is 4.99 Å². The van der Waals surface area contributed by atoms with Crippen LogP contribution in [0.25, 0.3) is 0 Å². The minimum absolute atomic E-state index is 0. The van der Waals surface area contributed by atoms with Crippen molar-refractivity contribution in [2.75, 3.05) is 39.2 Å². The number of carbonyl (C=O) groups is 1. The SMILES string of the molecule is CSCCNC(=NCC(=O)N(C)C)NC1CC2CCC1C2.I. The fourth-order valence-electron chi connectivity index (χ4n) is 3.31. The number of hydrogen-bond acceptors (Lipinski definition) is 3. The molecular weight excluding hydrogens is 411 g/mol. The quantitative estimate of drug-likeness (QED) is 0.286. The predicted molar refractivity (Wildman–Crippen MR) is 105 cm³/mol. The lowest BCUT2D eigenvalue weighted by Gasteiger charge is -2.25. The maximum absolute atomic E-state index is 11.7. The van der Waals surface area contributed by atoms with Gasteiger partial charge >= 0.3 is 0 Å². The van der Waals surface area contributed by atoms with E-state index in [2.05, 4.69) is 21.9 Å². The Morgan fingerprint density at radius 1 is 1.32 bits per heavy atom. The van der Waals surface area contributed by atoms with E-state index in [0.29, 0.717) is 6.04 Å². The molecule has 0 saturated heterocycles. The second-order valence-corrected chi connectivity index (χ2v) is 7.28. The summed E-state index contributed by atoms with van der Waals surface area (Å²) in [7, 11) is 3.53. The highest BCUT2D eigenvalue weighted by Crippen LogP contribution is 2.44. The van der Waals surface area contributed by atoms with E-state index in [1.54, 1.807) is 19.0 Å². The zero-order chi connectivity index (χ0) is 15.2. The minimum Gasteiger partial charge on any atom is -0.356 e. The number of amides is 1. The average Bonchev–Trinajstić information content (AvgIpc) is 3.06. The van der Waals surface area contributed by atoms with Crippen molar-refractivity contribution < 1.29 is 4.79 Å². The van der Waals surface area contributed by atoms with Gasteiger partial charge in [0.2, 0.25) is 5.91 Å². The number of halogens is 1. The number of thioether (sulfide) groups is 1. The third-order valence-corrected chi connectivity index (χ3v) is 5.14. The molecular formula is C15H29IN4OS. The Hall–Kier alpha value is -0.180. The van der Waals surface area contributed by atoms with Crippen LogP contribution in [0, 0.1) is 11.8 Å². The maximum atomic E-state index is 11.7. The monoisotopic (exact) mass is 440 g/mol. The minimum atomic E-state index is 0. The molecule has 2 rings (SSSR count). The van der Waals surface area contributed by atoms with Crippen LogP contribution in [-0.4, -0.2) is 62.0 Å². The highest BCUT2D eigenvalue weighted by Gasteiger charge is 2.39. The molecule has 5 nitrogen and oxygen atoms in total. The lowest BCUT2D eigenvalue weighted by Crippen LogP contribution is -2.46. The van der Waals surface area contributed by atoms with Crippen LogP contribution < -0.4 is 10.6 Å². The molecule has 3 atom stereocenters. The van der Waals surface area contributed by atoms with Crippen LogP contribution in [0.2, 0.25) is 0 Å². The Morgan fingerprint density at radius 3 is 2.64 bits per heavy atom. The molecule has 1 amide bonds.